The molecule has 80 heavy (non-hydrogen) atoms. The number of hydrogen-bond acceptors (Lipinski definition) is 27. The third-order valence-corrected chi connectivity index (χ3v) is 10.6. The Labute approximate surface area is 485 Å². The third-order valence-electron chi connectivity index (χ3n) is 10.6. The van der Waals surface area contributed by atoms with Crippen LogP contribution in [0.2, 0.25) is 0 Å². The van der Waals surface area contributed by atoms with Crippen LogP contribution in [0.3, 0.4) is 0 Å². The molecule has 27 nitrogen and oxygen atoms in total. The number of nitrogens with one attached hydrogen (secondary N) is 2. The third kappa shape index (κ3) is 90.7. The van der Waals surface area contributed by atoms with E-state index >= 15 is 0 Å². The predicted octanol–water partition coefficient (Wildman–Crippen LogP) is -4.72. The summed E-state index contributed by atoms with van der Waals surface area (Å²) in [6.07, 6.45) is 8.16. The van der Waals surface area contributed by atoms with Crippen LogP contribution in [0.4, 0.5) is 0 Å². The van der Waals surface area contributed by atoms with Gasteiger partial charge in [-0.25, -0.2) is 0 Å². The van der Waals surface area contributed by atoms with E-state index in [4.69, 9.17) is 115 Å². The highest BCUT2D eigenvalue weighted by Gasteiger charge is 2.07. The summed E-state index contributed by atoms with van der Waals surface area (Å²) in [6, 6.07) is 0. The monoisotopic (exact) mass is 1170 g/mol. The predicted molar refractivity (Wildman–Crippen MR) is 324 cm³/mol. The van der Waals surface area contributed by atoms with Crippen LogP contribution in [-0.2, 0) is 42.6 Å². The molecule has 0 bridgehead atoms. The second kappa shape index (κ2) is 89.1. The number of aliphatic hydroxyl groups excluding tert-OH is 4. The first-order valence-electron chi connectivity index (χ1n) is 29.9. The van der Waals surface area contributed by atoms with Crippen molar-refractivity contribution in [2.45, 2.75) is 57.8 Å². The minimum absolute atomic E-state index is 0.114. The lowest BCUT2D eigenvalue weighted by molar-refractivity contribution is 0.0523. The Bertz CT molecular complexity index is 931. The molecule has 27 heteroatoms. The molecule has 0 aliphatic carbocycles. The lowest BCUT2D eigenvalue weighted by atomic mass is 10.4. The van der Waals surface area contributed by atoms with E-state index in [0.29, 0.717) is 151 Å². The lowest BCUT2D eigenvalue weighted by Crippen LogP contribution is -2.34. The van der Waals surface area contributed by atoms with Crippen molar-refractivity contribution in [3.05, 3.63) is 0 Å². The second-order valence-corrected chi connectivity index (χ2v) is 17.7. The first-order chi connectivity index (χ1) is 39.4. The SMILES string of the molecule is NCCCOCCN(CCO)CCO.NCCCOCCN(CCO)CCOCCCN.NCCCOCCN(CCOCCCN)CCOCCCN.NCCCOCCNCCO.NCCCOCCNCCOCCCN. The highest BCUT2D eigenvalue weighted by atomic mass is 16.5. The van der Waals surface area contributed by atoms with Gasteiger partial charge in [-0.05, 0) is 117 Å². The maximum atomic E-state index is 8.96. The molecule has 0 aromatic rings. The number of nitrogens with two attached hydrogens (primary N) is 9. The molecule has 0 saturated heterocycles. The number of ether oxygens (including phenoxy) is 9. The summed E-state index contributed by atoms with van der Waals surface area (Å²) in [5.41, 5.74) is 48.3. The first-order valence-corrected chi connectivity index (χ1v) is 29.9. The van der Waals surface area contributed by atoms with Gasteiger partial charge in [0.05, 0.1) is 85.9 Å². The Balaban J connectivity index is -0.000000298. The van der Waals surface area contributed by atoms with Gasteiger partial charge < -0.3 is 125 Å². The zero-order valence-electron chi connectivity index (χ0n) is 50.5. The fourth-order valence-corrected chi connectivity index (χ4v) is 5.94. The summed E-state index contributed by atoms with van der Waals surface area (Å²) in [5.74, 6) is 0. The van der Waals surface area contributed by atoms with Crippen molar-refractivity contribution >= 4 is 0 Å². The summed E-state index contributed by atoms with van der Waals surface area (Å²) in [6.45, 7) is 29.4. The number of aliphatic hydroxyl groups is 4. The minimum atomic E-state index is 0.114. The molecular formula is C53H130N14O13. The molecule has 0 radical (unpaired) electrons. The van der Waals surface area contributed by atoms with Crippen molar-refractivity contribution in [2.24, 2.45) is 51.6 Å². The molecule has 0 spiro atoms. The fourth-order valence-electron chi connectivity index (χ4n) is 5.94. The van der Waals surface area contributed by atoms with Gasteiger partial charge in [0.25, 0.3) is 0 Å². The molecule has 0 fully saturated rings. The Kier molecular flexibility index (Phi) is 97.7. The van der Waals surface area contributed by atoms with Gasteiger partial charge in [-0.15, -0.1) is 0 Å². The quantitative estimate of drug-likeness (QED) is 0.0254. The van der Waals surface area contributed by atoms with Crippen molar-refractivity contribution in [3.8, 4) is 0 Å². The Morgan fingerprint density at radius 2 is 0.388 bits per heavy atom. The second-order valence-electron chi connectivity index (χ2n) is 17.7. The van der Waals surface area contributed by atoms with Gasteiger partial charge in [0.15, 0.2) is 0 Å². The van der Waals surface area contributed by atoms with Gasteiger partial charge >= 0.3 is 0 Å². The van der Waals surface area contributed by atoms with Gasteiger partial charge in [-0.2, -0.15) is 0 Å². The molecule has 0 aromatic carbocycles. The van der Waals surface area contributed by atoms with Gasteiger partial charge in [-0.1, -0.05) is 0 Å². The average molecular weight is 1170 g/mol. The number of rotatable bonds is 62. The van der Waals surface area contributed by atoms with E-state index in [0.717, 1.165) is 170 Å². The molecule has 0 amide bonds. The van der Waals surface area contributed by atoms with Gasteiger partial charge in [0, 0.05) is 145 Å². The Morgan fingerprint density at radius 3 is 0.575 bits per heavy atom. The van der Waals surface area contributed by atoms with Crippen LogP contribution in [0.5, 0.6) is 0 Å². The standard InChI is InChI=1S/C15H36N4O3.C12H29N3O3.C10H25N3O2.C9H22N2O3.C7H18N2O2/c16-4-1-10-20-13-7-19(8-14-21-11-2-5-17)9-15-22-12-3-6-18;13-3-1-9-17-11-6-15(5-8-16)7-12-18-10-2-4-14;11-3-1-7-14-9-5-13-6-10-15-8-2-4-12;10-2-1-8-14-9-5-11(3-6-12)4-7-13;8-2-1-6-11-7-4-9-3-5-10/h1-18H2;16H,1-14H2;13H,1-12H2;12-13H,1-10H2;9-10H,1-8H2. The normalized spacial score (nSPS) is 11.1. The van der Waals surface area contributed by atoms with Crippen molar-refractivity contribution in [2.75, 3.05) is 289 Å². The topological polar surface area (TPSA) is 432 Å². The molecule has 0 rings (SSSR count). The molecule has 0 atom stereocenters. The molecule has 24 N–H and O–H groups in total. The van der Waals surface area contributed by atoms with E-state index in [9.17, 15) is 0 Å². The summed E-state index contributed by atoms with van der Waals surface area (Å²) < 4.78 is 48.7. The maximum Gasteiger partial charge on any atom is 0.0593 e. The van der Waals surface area contributed by atoms with Crippen LogP contribution < -0.4 is 62.2 Å². The Morgan fingerprint density at radius 1 is 0.212 bits per heavy atom. The van der Waals surface area contributed by atoms with E-state index in [1.165, 1.54) is 0 Å². The molecule has 0 aliphatic heterocycles. The fraction of sp³-hybridized carbons (Fsp3) is 1.00. The molecular weight excluding hydrogens is 1040 g/mol. The van der Waals surface area contributed by atoms with Crippen LogP contribution >= 0.6 is 0 Å². The summed E-state index contributed by atoms with van der Waals surface area (Å²) in [7, 11) is 0. The van der Waals surface area contributed by atoms with Crippen molar-refractivity contribution < 1.29 is 63.1 Å². The molecule has 0 aromatic heterocycles. The maximum absolute atomic E-state index is 8.96. The summed E-state index contributed by atoms with van der Waals surface area (Å²) in [5, 5.41) is 41.0. The van der Waals surface area contributed by atoms with Crippen LogP contribution in [0.15, 0.2) is 0 Å². The van der Waals surface area contributed by atoms with Gasteiger partial charge in [0.1, 0.15) is 0 Å². The Hall–Kier alpha value is -1.08. The van der Waals surface area contributed by atoms with Crippen molar-refractivity contribution in [1.29, 1.82) is 0 Å². The smallest absolute Gasteiger partial charge is 0.0593 e. The van der Waals surface area contributed by atoms with E-state index in [1.807, 2.05) is 4.90 Å². The first kappa shape index (κ1) is 87.7. The molecule has 0 aliphatic rings. The average Bonchev–Trinajstić information content (AvgIpc) is 3.46. The van der Waals surface area contributed by atoms with E-state index < -0.39 is 0 Å². The van der Waals surface area contributed by atoms with Gasteiger partial charge in [0.2, 0.25) is 0 Å². The van der Waals surface area contributed by atoms with E-state index in [-0.39, 0.29) is 26.4 Å². The number of hydrogen-bond donors (Lipinski definition) is 15. The highest BCUT2D eigenvalue weighted by Crippen LogP contribution is 1.95. The molecule has 0 heterocycles. The van der Waals surface area contributed by atoms with Gasteiger partial charge in [-0.3, -0.25) is 14.7 Å². The van der Waals surface area contributed by atoms with Crippen LogP contribution in [0.25, 0.3) is 0 Å². The molecule has 490 valence electrons. The van der Waals surface area contributed by atoms with Crippen molar-refractivity contribution in [1.82, 2.24) is 25.3 Å². The number of nitrogens with zero attached hydrogens (tertiary/aromatic N) is 3. The highest BCUT2D eigenvalue weighted by molar-refractivity contribution is 4.59. The molecule has 0 unspecified atom stereocenters. The van der Waals surface area contributed by atoms with Crippen LogP contribution in [-0.4, -0.2) is 324 Å². The summed E-state index contributed by atoms with van der Waals surface area (Å²) in [4.78, 5) is 6.39. The zero-order valence-corrected chi connectivity index (χ0v) is 50.5. The van der Waals surface area contributed by atoms with Crippen LogP contribution in [0, 0.1) is 0 Å². The van der Waals surface area contributed by atoms with Crippen molar-refractivity contribution in [3.63, 3.8) is 0 Å². The largest absolute Gasteiger partial charge is 0.395 e. The minimum Gasteiger partial charge on any atom is -0.395 e. The van der Waals surface area contributed by atoms with Crippen LogP contribution in [0.1, 0.15) is 57.8 Å². The van der Waals surface area contributed by atoms with E-state index in [1.54, 1.807) is 0 Å². The lowest BCUT2D eigenvalue weighted by Gasteiger charge is -2.22. The summed E-state index contributed by atoms with van der Waals surface area (Å²) >= 11 is 0. The molecule has 0 saturated carbocycles. The zero-order chi connectivity index (χ0) is 60.0. The van der Waals surface area contributed by atoms with E-state index in [2.05, 4.69) is 20.4 Å².